The summed E-state index contributed by atoms with van der Waals surface area (Å²) in [6.45, 7) is 0.573. The first-order chi connectivity index (χ1) is 15.4. The maximum Gasteiger partial charge on any atom is 0.271 e. The Labute approximate surface area is 188 Å². The van der Waals surface area contributed by atoms with Gasteiger partial charge in [-0.3, -0.25) is 9.59 Å². The van der Waals surface area contributed by atoms with Gasteiger partial charge >= 0.3 is 0 Å². The van der Waals surface area contributed by atoms with Gasteiger partial charge in [-0.25, -0.2) is 5.43 Å². The Bertz CT molecular complexity index is 1360. The van der Waals surface area contributed by atoms with Crippen LogP contribution in [0.1, 0.15) is 31.8 Å². The van der Waals surface area contributed by atoms with Crippen LogP contribution in [0.15, 0.2) is 78.0 Å². The number of aromatic hydroxyl groups is 1. The number of hydrazone groups is 1. The van der Waals surface area contributed by atoms with E-state index in [4.69, 9.17) is 17.3 Å². The van der Waals surface area contributed by atoms with E-state index in [0.29, 0.717) is 12.1 Å². The Morgan fingerprint density at radius 2 is 1.88 bits per heavy atom. The summed E-state index contributed by atoms with van der Waals surface area (Å²) in [6.07, 6.45) is 3.52. The van der Waals surface area contributed by atoms with Gasteiger partial charge in [-0.05, 0) is 48.0 Å². The van der Waals surface area contributed by atoms with Gasteiger partial charge in [0.15, 0.2) is 0 Å². The standard InChI is InChI=1S/C24H19ClN4O3/c25-20-12-17(7-8-22(20)30)24(32)28-27-13-18-5-2-6-21-19(18)9-10-29(21)14-15-3-1-4-16(11-15)23(26)31/h1-13,30H,14H2,(H2,26,31)(H,28,32). The molecule has 0 aliphatic rings. The van der Waals surface area contributed by atoms with Crippen molar-refractivity contribution in [2.24, 2.45) is 10.8 Å². The lowest BCUT2D eigenvalue weighted by molar-refractivity contribution is 0.0953. The topological polar surface area (TPSA) is 110 Å². The van der Waals surface area contributed by atoms with Gasteiger partial charge in [0.25, 0.3) is 5.91 Å². The van der Waals surface area contributed by atoms with E-state index in [0.717, 1.165) is 22.0 Å². The van der Waals surface area contributed by atoms with Crippen molar-refractivity contribution in [3.8, 4) is 5.75 Å². The zero-order chi connectivity index (χ0) is 22.7. The third-order valence-electron chi connectivity index (χ3n) is 4.99. The predicted octanol–water partition coefficient (Wildman–Crippen LogP) is 3.91. The molecule has 0 fully saturated rings. The van der Waals surface area contributed by atoms with Crippen molar-refractivity contribution in [3.63, 3.8) is 0 Å². The van der Waals surface area contributed by atoms with Gasteiger partial charge in [0, 0.05) is 40.3 Å². The molecule has 7 nitrogen and oxygen atoms in total. The molecule has 0 bridgehead atoms. The zero-order valence-corrected chi connectivity index (χ0v) is 17.6. The van der Waals surface area contributed by atoms with Crippen molar-refractivity contribution in [3.05, 3.63) is 100 Å². The molecule has 160 valence electrons. The van der Waals surface area contributed by atoms with Gasteiger partial charge in [0.2, 0.25) is 5.91 Å². The number of phenols is 1. The van der Waals surface area contributed by atoms with E-state index in [1.165, 1.54) is 18.2 Å². The van der Waals surface area contributed by atoms with E-state index in [1.54, 1.807) is 18.3 Å². The van der Waals surface area contributed by atoms with Crippen molar-refractivity contribution < 1.29 is 14.7 Å². The summed E-state index contributed by atoms with van der Waals surface area (Å²) in [7, 11) is 0. The molecular formula is C24H19ClN4O3. The number of fused-ring (bicyclic) bond motifs is 1. The number of hydrogen-bond donors (Lipinski definition) is 3. The van der Waals surface area contributed by atoms with E-state index >= 15 is 0 Å². The molecule has 32 heavy (non-hydrogen) atoms. The van der Waals surface area contributed by atoms with E-state index < -0.39 is 11.8 Å². The Morgan fingerprint density at radius 3 is 2.66 bits per heavy atom. The minimum Gasteiger partial charge on any atom is -0.506 e. The van der Waals surface area contributed by atoms with E-state index in [9.17, 15) is 14.7 Å². The van der Waals surface area contributed by atoms with E-state index in [2.05, 4.69) is 15.1 Å². The number of hydrogen-bond acceptors (Lipinski definition) is 4. The van der Waals surface area contributed by atoms with E-state index in [-0.39, 0.29) is 16.3 Å². The van der Waals surface area contributed by atoms with Gasteiger partial charge in [-0.2, -0.15) is 5.10 Å². The first-order valence-corrected chi connectivity index (χ1v) is 10.1. The fourth-order valence-corrected chi connectivity index (χ4v) is 3.57. The maximum absolute atomic E-state index is 12.2. The number of nitrogens with zero attached hydrogens (tertiary/aromatic N) is 2. The number of halogens is 1. The van der Waals surface area contributed by atoms with Crippen LogP contribution in [-0.4, -0.2) is 27.7 Å². The number of amides is 2. The minimum absolute atomic E-state index is 0.0918. The summed E-state index contributed by atoms with van der Waals surface area (Å²) >= 11 is 5.84. The molecule has 1 heterocycles. The monoisotopic (exact) mass is 446 g/mol. The van der Waals surface area contributed by atoms with Crippen molar-refractivity contribution in [1.82, 2.24) is 9.99 Å². The third-order valence-corrected chi connectivity index (χ3v) is 5.29. The Balaban J connectivity index is 1.52. The van der Waals surface area contributed by atoms with Crippen molar-refractivity contribution in [2.45, 2.75) is 6.54 Å². The second-order valence-corrected chi connectivity index (χ2v) is 7.56. The van der Waals surface area contributed by atoms with Crippen LogP contribution in [0.3, 0.4) is 0 Å². The molecule has 0 atom stereocenters. The highest BCUT2D eigenvalue weighted by atomic mass is 35.5. The average Bonchev–Trinajstić information content (AvgIpc) is 3.19. The molecule has 4 rings (SSSR count). The molecule has 1 aromatic heterocycles. The predicted molar refractivity (Wildman–Crippen MR) is 124 cm³/mol. The maximum atomic E-state index is 12.2. The first-order valence-electron chi connectivity index (χ1n) is 9.71. The van der Waals surface area contributed by atoms with Crippen LogP contribution < -0.4 is 11.2 Å². The molecule has 8 heteroatoms. The average molecular weight is 447 g/mol. The van der Waals surface area contributed by atoms with E-state index in [1.807, 2.05) is 42.6 Å². The number of nitrogens with two attached hydrogens (primary N) is 1. The summed E-state index contributed by atoms with van der Waals surface area (Å²) < 4.78 is 2.06. The van der Waals surface area contributed by atoms with Crippen molar-refractivity contribution >= 4 is 40.5 Å². The van der Waals surface area contributed by atoms with Gasteiger partial charge in [0.1, 0.15) is 5.75 Å². The largest absolute Gasteiger partial charge is 0.506 e. The quantitative estimate of drug-likeness (QED) is 0.308. The minimum atomic E-state index is -0.459. The summed E-state index contributed by atoms with van der Waals surface area (Å²) in [5.74, 6) is -0.995. The molecule has 0 saturated carbocycles. The van der Waals surface area contributed by atoms with Gasteiger partial charge < -0.3 is 15.4 Å². The highest BCUT2D eigenvalue weighted by Crippen LogP contribution is 2.24. The van der Waals surface area contributed by atoms with Crippen molar-refractivity contribution in [2.75, 3.05) is 0 Å². The van der Waals surface area contributed by atoms with Crippen molar-refractivity contribution in [1.29, 1.82) is 0 Å². The number of rotatable bonds is 6. The molecule has 3 aromatic carbocycles. The second kappa shape index (κ2) is 8.95. The molecule has 0 unspecified atom stereocenters. The van der Waals surface area contributed by atoms with Crippen LogP contribution in [-0.2, 0) is 6.54 Å². The first kappa shape index (κ1) is 21.1. The smallest absolute Gasteiger partial charge is 0.271 e. The number of primary amides is 1. The summed E-state index contributed by atoms with van der Waals surface area (Å²) in [5, 5.41) is 14.6. The Kier molecular flexibility index (Phi) is 5.91. The number of benzene rings is 3. The number of aromatic nitrogens is 1. The highest BCUT2D eigenvalue weighted by molar-refractivity contribution is 6.32. The van der Waals surface area contributed by atoms with Crippen LogP contribution in [0.2, 0.25) is 5.02 Å². The number of phenolic OH excluding ortho intramolecular Hbond substituents is 1. The van der Waals surface area contributed by atoms with Gasteiger partial charge in [-0.15, -0.1) is 0 Å². The lowest BCUT2D eigenvalue weighted by Crippen LogP contribution is -2.17. The van der Waals surface area contributed by atoms with Gasteiger partial charge in [-0.1, -0.05) is 35.9 Å². The molecule has 0 aliphatic carbocycles. The zero-order valence-electron chi connectivity index (χ0n) is 16.8. The summed E-state index contributed by atoms with van der Waals surface area (Å²) in [4.78, 5) is 23.7. The lowest BCUT2D eigenvalue weighted by atomic mass is 10.1. The fraction of sp³-hybridized carbons (Fsp3) is 0.0417. The van der Waals surface area contributed by atoms with Crippen LogP contribution in [0, 0.1) is 0 Å². The Hall–Kier alpha value is -4.10. The Morgan fingerprint density at radius 1 is 1.06 bits per heavy atom. The third kappa shape index (κ3) is 4.48. The normalized spacial score (nSPS) is 11.2. The van der Waals surface area contributed by atoms with Crippen LogP contribution >= 0.6 is 11.6 Å². The molecule has 0 aliphatic heterocycles. The second-order valence-electron chi connectivity index (χ2n) is 7.15. The molecule has 0 radical (unpaired) electrons. The molecular weight excluding hydrogens is 428 g/mol. The number of carbonyl (C=O) groups is 2. The fourth-order valence-electron chi connectivity index (χ4n) is 3.39. The summed E-state index contributed by atoms with van der Waals surface area (Å²) in [6, 6.07) is 19.2. The molecule has 4 N–H and O–H groups in total. The summed E-state index contributed by atoms with van der Waals surface area (Å²) in [5.41, 5.74) is 11.4. The molecule has 0 spiro atoms. The van der Waals surface area contributed by atoms with Gasteiger partial charge in [0.05, 0.1) is 11.2 Å². The van der Waals surface area contributed by atoms with Crippen LogP contribution in [0.4, 0.5) is 0 Å². The highest BCUT2D eigenvalue weighted by Gasteiger charge is 2.09. The molecule has 4 aromatic rings. The number of carbonyl (C=O) groups excluding carboxylic acids is 2. The SMILES string of the molecule is NC(=O)c1cccc(Cn2ccc3c(C=NNC(=O)c4ccc(O)c(Cl)c4)cccc32)c1. The molecule has 0 saturated heterocycles. The number of nitrogens with one attached hydrogen (secondary N) is 1. The lowest BCUT2D eigenvalue weighted by Gasteiger charge is -2.07. The van der Waals surface area contributed by atoms with Crippen LogP contribution in [0.25, 0.3) is 10.9 Å². The van der Waals surface area contributed by atoms with Crippen LogP contribution in [0.5, 0.6) is 5.75 Å². The molecule has 2 amide bonds.